The molecule has 4 aromatic rings. The standard InChI is InChI=1S/C26H22FN3O6S/c1-15-12-23(30(29-15)22-11-9-17(36-2)14-19(22)26(32)33)25(31)28-21-10-8-16(13-20(21)27)18-6-4-5-7-24(18)37(3,34)35/h4-14H,1-3H3,(H,28,31)(H,32,33). The molecule has 9 nitrogen and oxygen atoms in total. The molecule has 0 spiro atoms. The van der Waals surface area contributed by atoms with Crippen molar-refractivity contribution in [3.05, 3.63) is 89.5 Å². The first-order valence-corrected chi connectivity index (χ1v) is 12.8. The van der Waals surface area contributed by atoms with Gasteiger partial charge in [-0.1, -0.05) is 24.3 Å². The number of hydrogen-bond acceptors (Lipinski definition) is 6. The predicted octanol–water partition coefficient (Wildman–Crippen LogP) is 4.35. The zero-order chi connectivity index (χ0) is 26.9. The van der Waals surface area contributed by atoms with Crippen LogP contribution in [0.3, 0.4) is 0 Å². The number of aromatic carboxylic acids is 1. The highest BCUT2D eigenvalue weighted by atomic mass is 32.2. The number of carbonyl (C=O) groups excluding carboxylic acids is 1. The maximum atomic E-state index is 15.0. The Kier molecular flexibility index (Phi) is 6.82. The van der Waals surface area contributed by atoms with Crippen LogP contribution >= 0.6 is 0 Å². The first-order valence-electron chi connectivity index (χ1n) is 10.9. The van der Waals surface area contributed by atoms with Gasteiger partial charge in [0, 0.05) is 11.8 Å². The zero-order valence-electron chi connectivity index (χ0n) is 20.0. The number of benzene rings is 3. The first-order chi connectivity index (χ1) is 17.5. The van der Waals surface area contributed by atoms with Crippen molar-refractivity contribution in [3.8, 4) is 22.6 Å². The summed E-state index contributed by atoms with van der Waals surface area (Å²) in [6.07, 6.45) is 1.07. The highest BCUT2D eigenvalue weighted by molar-refractivity contribution is 7.90. The molecule has 0 unspecified atom stereocenters. The molecule has 0 aliphatic heterocycles. The van der Waals surface area contributed by atoms with Gasteiger partial charge >= 0.3 is 5.97 Å². The van der Waals surface area contributed by atoms with E-state index in [1.54, 1.807) is 25.1 Å². The molecule has 37 heavy (non-hydrogen) atoms. The molecular weight excluding hydrogens is 501 g/mol. The number of rotatable bonds is 7. The Labute approximate surface area is 212 Å². The Morgan fingerprint density at radius 1 is 1.05 bits per heavy atom. The van der Waals surface area contributed by atoms with Crippen molar-refractivity contribution in [1.82, 2.24) is 9.78 Å². The van der Waals surface area contributed by atoms with Gasteiger partial charge in [-0.15, -0.1) is 0 Å². The van der Waals surface area contributed by atoms with Crippen LogP contribution in [0.1, 0.15) is 26.5 Å². The Bertz CT molecular complexity index is 1650. The van der Waals surface area contributed by atoms with Crippen LogP contribution in [0.2, 0.25) is 0 Å². The Morgan fingerprint density at radius 3 is 2.43 bits per heavy atom. The van der Waals surface area contributed by atoms with Crippen LogP contribution in [0.5, 0.6) is 5.75 Å². The van der Waals surface area contributed by atoms with E-state index in [4.69, 9.17) is 4.74 Å². The molecule has 2 N–H and O–H groups in total. The summed E-state index contributed by atoms with van der Waals surface area (Å²) >= 11 is 0. The fourth-order valence-electron chi connectivity index (χ4n) is 3.84. The lowest BCUT2D eigenvalue weighted by molar-refractivity contribution is 0.0695. The number of carboxylic acids is 1. The van der Waals surface area contributed by atoms with Crippen molar-refractivity contribution < 1.29 is 32.2 Å². The highest BCUT2D eigenvalue weighted by Gasteiger charge is 2.22. The van der Waals surface area contributed by atoms with E-state index in [-0.39, 0.29) is 27.5 Å². The molecule has 0 bridgehead atoms. The minimum Gasteiger partial charge on any atom is -0.497 e. The number of aromatic nitrogens is 2. The van der Waals surface area contributed by atoms with E-state index in [1.165, 1.54) is 54.3 Å². The lowest BCUT2D eigenvalue weighted by atomic mass is 10.0. The van der Waals surface area contributed by atoms with Gasteiger partial charge in [0.15, 0.2) is 9.84 Å². The van der Waals surface area contributed by atoms with Crippen LogP contribution in [0.4, 0.5) is 10.1 Å². The van der Waals surface area contributed by atoms with Crippen LogP contribution < -0.4 is 10.1 Å². The largest absolute Gasteiger partial charge is 0.497 e. The summed E-state index contributed by atoms with van der Waals surface area (Å²) in [6, 6.07) is 15.9. The summed E-state index contributed by atoms with van der Waals surface area (Å²) in [5.74, 6) is -2.44. The second-order valence-electron chi connectivity index (χ2n) is 8.19. The zero-order valence-corrected chi connectivity index (χ0v) is 20.8. The highest BCUT2D eigenvalue weighted by Crippen LogP contribution is 2.30. The normalized spacial score (nSPS) is 11.2. The van der Waals surface area contributed by atoms with Gasteiger partial charge in [-0.05, 0) is 55.0 Å². The van der Waals surface area contributed by atoms with Crippen molar-refractivity contribution in [2.75, 3.05) is 18.7 Å². The summed E-state index contributed by atoms with van der Waals surface area (Å²) in [6.45, 7) is 1.63. The van der Waals surface area contributed by atoms with E-state index in [2.05, 4.69) is 10.4 Å². The fraction of sp³-hybridized carbons (Fsp3) is 0.115. The van der Waals surface area contributed by atoms with Gasteiger partial charge in [-0.2, -0.15) is 5.10 Å². The number of carboxylic acid groups (broad SMARTS) is 1. The molecule has 1 heterocycles. The topological polar surface area (TPSA) is 128 Å². The lowest BCUT2D eigenvalue weighted by Crippen LogP contribution is -2.19. The number of hydrogen-bond donors (Lipinski definition) is 2. The number of nitrogens with zero attached hydrogens (tertiary/aromatic N) is 2. The molecule has 3 aromatic carbocycles. The van der Waals surface area contributed by atoms with Gasteiger partial charge in [-0.25, -0.2) is 22.3 Å². The van der Waals surface area contributed by atoms with E-state index < -0.39 is 27.5 Å². The molecule has 4 rings (SSSR count). The number of carbonyl (C=O) groups is 2. The van der Waals surface area contributed by atoms with Crippen LogP contribution in [0.15, 0.2) is 71.6 Å². The van der Waals surface area contributed by atoms with Gasteiger partial charge in [0.25, 0.3) is 5.91 Å². The number of amides is 1. The second kappa shape index (κ2) is 9.86. The van der Waals surface area contributed by atoms with Gasteiger partial charge in [0.2, 0.25) is 0 Å². The molecule has 0 aliphatic carbocycles. The van der Waals surface area contributed by atoms with E-state index in [1.807, 2.05) is 0 Å². The molecule has 0 saturated carbocycles. The van der Waals surface area contributed by atoms with Crippen molar-refractivity contribution in [3.63, 3.8) is 0 Å². The first kappa shape index (κ1) is 25.6. The Hall–Kier alpha value is -4.51. The van der Waals surface area contributed by atoms with Gasteiger partial charge in [0.05, 0.1) is 34.6 Å². The van der Waals surface area contributed by atoms with Crippen LogP contribution in [0, 0.1) is 12.7 Å². The number of sulfone groups is 1. The molecule has 0 radical (unpaired) electrons. The van der Waals surface area contributed by atoms with Crippen LogP contribution in [0.25, 0.3) is 16.8 Å². The van der Waals surface area contributed by atoms with Crippen molar-refractivity contribution in [1.29, 1.82) is 0 Å². The third kappa shape index (κ3) is 5.21. The average molecular weight is 524 g/mol. The molecule has 0 saturated heterocycles. The molecule has 0 fully saturated rings. The van der Waals surface area contributed by atoms with E-state index >= 15 is 4.39 Å². The summed E-state index contributed by atoms with van der Waals surface area (Å²) in [5.41, 5.74) is 0.903. The fourth-order valence-corrected chi connectivity index (χ4v) is 4.75. The van der Waals surface area contributed by atoms with Gasteiger partial charge < -0.3 is 15.2 Å². The predicted molar refractivity (Wildman–Crippen MR) is 135 cm³/mol. The summed E-state index contributed by atoms with van der Waals surface area (Å²) in [7, 11) is -2.15. The Morgan fingerprint density at radius 2 is 1.78 bits per heavy atom. The number of methoxy groups -OCH3 is 1. The summed E-state index contributed by atoms with van der Waals surface area (Å²) < 4.78 is 45.6. The molecule has 1 amide bonds. The van der Waals surface area contributed by atoms with Crippen molar-refractivity contribution in [2.45, 2.75) is 11.8 Å². The number of anilines is 1. The molecule has 0 atom stereocenters. The molecule has 0 aliphatic rings. The third-order valence-electron chi connectivity index (χ3n) is 5.54. The molecule has 1 aromatic heterocycles. The maximum Gasteiger partial charge on any atom is 0.338 e. The van der Waals surface area contributed by atoms with E-state index in [9.17, 15) is 23.1 Å². The monoisotopic (exact) mass is 523 g/mol. The number of halogens is 1. The van der Waals surface area contributed by atoms with E-state index in [0.29, 0.717) is 22.6 Å². The molecule has 190 valence electrons. The molecular formula is C26H22FN3O6S. The van der Waals surface area contributed by atoms with Crippen LogP contribution in [-0.4, -0.2) is 48.5 Å². The maximum absolute atomic E-state index is 15.0. The molecule has 11 heteroatoms. The Balaban J connectivity index is 1.69. The number of ether oxygens (including phenoxy) is 1. The van der Waals surface area contributed by atoms with E-state index in [0.717, 1.165) is 12.3 Å². The van der Waals surface area contributed by atoms with Gasteiger partial charge in [-0.3, -0.25) is 4.79 Å². The number of nitrogens with one attached hydrogen (secondary N) is 1. The minimum atomic E-state index is -3.55. The smallest absolute Gasteiger partial charge is 0.338 e. The third-order valence-corrected chi connectivity index (χ3v) is 6.70. The summed E-state index contributed by atoms with van der Waals surface area (Å²) in [5, 5.41) is 16.4. The SMILES string of the molecule is COc1ccc(-n2nc(C)cc2C(=O)Nc2ccc(-c3ccccc3S(C)(=O)=O)cc2F)c(C(=O)O)c1. The lowest BCUT2D eigenvalue weighted by Gasteiger charge is -2.13. The van der Waals surface area contributed by atoms with Crippen molar-refractivity contribution in [2.24, 2.45) is 0 Å². The van der Waals surface area contributed by atoms with Crippen LogP contribution in [-0.2, 0) is 9.84 Å². The summed E-state index contributed by atoms with van der Waals surface area (Å²) in [4.78, 5) is 25.0. The van der Waals surface area contributed by atoms with Gasteiger partial charge in [0.1, 0.15) is 17.3 Å². The second-order valence-corrected chi connectivity index (χ2v) is 10.2. The minimum absolute atomic E-state index is 0.0175. The van der Waals surface area contributed by atoms with Crippen molar-refractivity contribution >= 4 is 27.4 Å². The average Bonchev–Trinajstić information content (AvgIpc) is 3.25. The quantitative estimate of drug-likeness (QED) is 0.369. The number of aryl methyl sites for hydroxylation is 1.